The zero-order valence-corrected chi connectivity index (χ0v) is 8.83. The molecule has 76 valence electrons. The van der Waals surface area contributed by atoms with Gasteiger partial charge in [0.15, 0.2) is 0 Å². The zero-order chi connectivity index (χ0) is 10.9. The Kier molecular flexibility index (Phi) is 2.55. The molecule has 1 aromatic rings. The van der Waals surface area contributed by atoms with Gasteiger partial charge in [-0.15, -0.1) is 0 Å². The number of carboxylic acids is 1. The van der Waals surface area contributed by atoms with Gasteiger partial charge < -0.3 is 5.11 Å². The molecule has 0 fully saturated rings. The van der Waals surface area contributed by atoms with Crippen LogP contribution in [0.25, 0.3) is 0 Å². The summed E-state index contributed by atoms with van der Waals surface area (Å²) >= 11 is 0. The summed E-state index contributed by atoms with van der Waals surface area (Å²) in [5.41, 5.74) is 1.28. The number of aryl methyl sites for hydroxylation is 1. The summed E-state index contributed by atoms with van der Waals surface area (Å²) in [5.74, 6) is -1.21. The van der Waals surface area contributed by atoms with Crippen LogP contribution in [-0.2, 0) is 5.41 Å². The first-order chi connectivity index (χ1) is 6.30. The molecule has 0 aliphatic rings. The minimum absolute atomic E-state index is 0.130. The van der Waals surface area contributed by atoms with Gasteiger partial charge in [0.25, 0.3) is 0 Å². The molecule has 1 heterocycles. The zero-order valence-electron chi connectivity index (χ0n) is 8.83. The predicted octanol–water partition coefficient (Wildman–Crippen LogP) is 1.78. The second kappa shape index (κ2) is 3.36. The summed E-state index contributed by atoms with van der Waals surface area (Å²) in [6.07, 6.45) is 0. The summed E-state index contributed by atoms with van der Waals surface area (Å²) in [6.45, 7) is 7.73. The van der Waals surface area contributed by atoms with Crippen molar-refractivity contribution in [1.82, 2.24) is 9.97 Å². The van der Waals surface area contributed by atoms with Gasteiger partial charge in [0.1, 0.15) is 0 Å². The molecular formula is C10H14N2O2. The smallest absolute Gasteiger partial charge is 0.373 e. The standard InChI is InChI=1S/C10H14N2O2/c1-6-5-7(10(2,3)4)12-8(11-6)9(13)14/h5H,1-4H3,(H,13,14). The number of hydrogen-bond acceptors (Lipinski definition) is 3. The lowest BCUT2D eigenvalue weighted by Crippen LogP contribution is -2.17. The number of carboxylic acid groups (broad SMARTS) is 1. The molecule has 14 heavy (non-hydrogen) atoms. The van der Waals surface area contributed by atoms with Crippen LogP contribution in [0.4, 0.5) is 0 Å². The lowest BCUT2D eigenvalue weighted by atomic mass is 9.91. The molecule has 0 aromatic carbocycles. The van der Waals surface area contributed by atoms with Crippen molar-refractivity contribution in [3.8, 4) is 0 Å². The van der Waals surface area contributed by atoms with E-state index >= 15 is 0 Å². The largest absolute Gasteiger partial charge is 0.475 e. The summed E-state index contributed by atoms with van der Waals surface area (Å²) in [7, 11) is 0. The van der Waals surface area contributed by atoms with Gasteiger partial charge in [-0.3, -0.25) is 0 Å². The molecule has 4 heteroatoms. The molecule has 0 radical (unpaired) electrons. The van der Waals surface area contributed by atoms with E-state index in [1.165, 1.54) is 0 Å². The number of rotatable bonds is 1. The highest BCUT2D eigenvalue weighted by Crippen LogP contribution is 2.20. The third-order valence-corrected chi connectivity index (χ3v) is 1.81. The van der Waals surface area contributed by atoms with Crippen LogP contribution >= 0.6 is 0 Å². The first-order valence-corrected chi connectivity index (χ1v) is 4.40. The maximum absolute atomic E-state index is 10.7. The minimum Gasteiger partial charge on any atom is -0.475 e. The van der Waals surface area contributed by atoms with Crippen molar-refractivity contribution in [2.45, 2.75) is 33.1 Å². The molecule has 0 spiro atoms. The SMILES string of the molecule is Cc1cc(C(C)(C)C)nc(C(=O)O)n1. The molecule has 0 saturated carbocycles. The van der Waals surface area contributed by atoms with Crippen molar-refractivity contribution < 1.29 is 9.90 Å². The fourth-order valence-electron chi connectivity index (χ4n) is 1.05. The highest BCUT2D eigenvalue weighted by molar-refractivity contribution is 5.83. The van der Waals surface area contributed by atoms with Gasteiger partial charge in [0, 0.05) is 11.1 Å². The van der Waals surface area contributed by atoms with E-state index in [-0.39, 0.29) is 11.2 Å². The van der Waals surface area contributed by atoms with Crippen molar-refractivity contribution in [2.24, 2.45) is 0 Å². The van der Waals surface area contributed by atoms with E-state index in [1.54, 1.807) is 6.92 Å². The first-order valence-electron chi connectivity index (χ1n) is 4.40. The van der Waals surface area contributed by atoms with Crippen LogP contribution in [0.2, 0.25) is 0 Å². The molecule has 0 unspecified atom stereocenters. The van der Waals surface area contributed by atoms with E-state index in [4.69, 9.17) is 5.11 Å². The molecular weight excluding hydrogens is 180 g/mol. The summed E-state index contributed by atoms with van der Waals surface area (Å²) in [5, 5.41) is 8.77. The molecule has 4 nitrogen and oxygen atoms in total. The minimum atomic E-state index is -1.08. The normalized spacial score (nSPS) is 11.4. The molecule has 0 bridgehead atoms. The van der Waals surface area contributed by atoms with Gasteiger partial charge in [-0.1, -0.05) is 20.8 Å². The van der Waals surface area contributed by atoms with E-state index < -0.39 is 5.97 Å². The van der Waals surface area contributed by atoms with Crippen LogP contribution in [0.5, 0.6) is 0 Å². The molecule has 0 aliphatic carbocycles. The van der Waals surface area contributed by atoms with Crippen LogP contribution < -0.4 is 0 Å². The van der Waals surface area contributed by atoms with Gasteiger partial charge in [-0.05, 0) is 13.0 Å². The highest BCUT2D eigenvalue weighted by atomic mass is 16.4. The van der Waals surface area contributed by atoms with Crippen molar-refractivity contribution in [2.75, 3.05) is 0 Å². The topological polar surface area (TPSA) is 63.1 Å². The third-order valence-electron chi connectivity index (χ3n) is 1.81. The predicted molar refractivity (Wildman–Crippen MR) is 52.4 cm³/mol. The Morgan fingerprint density at radius 3 is 2.36 bits per heavy atom. The van der Waals surface area contributed by atoms with Gasteiger partial charge in [0.05, 0.1) is 5.69 Å². The summed E-state index contributed by atoms with van der Waals surface area (Å²) < 4.78 is 0. The Morgan fingerprint density at radius 2 is 1.93 bits per heavy atom. The monoisotopic (exact) mass is 194 g/mol. The fraction of sp³-hybridized carbons (Fsp3) is 0.500. The first kappa shape index (κ1) is 10.6. The van der Waals surface area contributed by atoms with Gasteiger partial charge in [-0.2, -0.15) is 0 Å². The van der Waals surface area contributed by atoms with Crippen molar-refractivity contribution in [3.05, 3.63) is 23.3 Å². The highest BCUT2D eigenvalue weighted by Gasteiger charge is 2.18. The van der Waals surface area contributed by atoms with E-state index in [0.717, 1.165) is 5.69 Å². The van der Waals surface area contributed by atoms with E-state index in [2.05, 4.69) is 9.97 Å². The quantitative estimate of drug-likeness (QED) is 0.740. The maximum atomic E-state index is 10.7. The van der Waals surface area contributed by atoms with Crippen LogP contribution in [-0.4, -0.2) is 21.0 Å². The van der Waals surface area contributed by atoms with Crippen LogP contribution in [0.1, 0.15) is 42.8 Å². The Hall–Kier alpha value is -1.45. The van der Waals surface area contributed by atoms with Crippen molar-refractivity contribution in [3.63, 3.8) is 0 Å². The fourth-order valence-corrected chi connectivity index (χ4v) is 1.05. The number of aromatic nitrogens is 2. The summed E-state index contributed by atoms with van der Waals surface area (Å²) in [6, 6.07) is 1.81. The molecule has 1 rings (SSSR count). The van der Waals surface area contributed by atoms with Gasteiger partial charge in [-0.25, -0.2) is 14.8 Å². The third kappa shape index (κ3) is 2.28. The average Bonchev–Trinajstić information content (AvgIpc) is 2.01. The second-order valence-electron chi connectivity index (χ2n) is 4.27. The molecule has 0 aliphatic heterocycles. The van der Waals surface area contributed by atoms with Gasteiger partial charge in [0.2, 0.25) is 5.82 Å². The Balaban J connectivity index is 3.28. The van der Waals surface area contributed by atoms with Crippen LogP contribution in [0.3, 0.4) is 0 Å². The van der Waals surface area contributed by atoms with Crippen molar-refractivity contribution in [1.29, 1.82) is 0 Å². The van der Waals surface area contributed by atoms with E-state index in [1.807, 2.05) is 26.8 Å². The lowest BCUT2D eigenvalue weighted by molar-refractivity contribution is 0.0682. The molecule has 1 aromatic heterocycles. The Labute approximate surface area is 83.0 Å². The number of aromatic carboxylic acids is 1. The van der Waals surface area contributed by atoms with Gasteiger partial charge >= 0.3 is 5.97 Å². The molecule has 1 N–H and O–H groups in total. The van der Waals surface area contributed by atoms with E-state index in [9.17, 15) is 4.79 Å². The van der Waals surface area contributed by atoms with Crippen LogP contribution in [0.15, 0.2) is 6.07 Å². The second-order valence-corrected chi connectivity index (χ2v) is 4.27. The molecule has 0 atom stereocenters. The number of nitrogens with zero attached hydrogens (tertiary/aromatic N) is 2. The summed E-state index contributed by atoms with van der Waals surface area (Å²) in [4.78, 5) is 18.5. The number of carbonyl (C=O) groups is 1. The lowest BCUT2D eigenvalue weighted by Gasteiger charge is -2.17. The molecule has 0 saturated heterocycles. The van der Waals surface area contributed by atoms with E-state index in [0.29, 0.717) is 5.69 Å². The van der Waals surface area contributed by atoms with Crippen molar-refractivity contribution >= 4 is 5.97 Å². The maximum Gasteiger partial charge on any atom is 0.373 e. The number of hydrogen-bond donors (Lipinski definition) is 1. The Bertz CT molecular complexity index is 367. The molecule has 0 amide bonds. The van der Waals surface area contributed by atoms with Crippen LogP contribution in [0, 0.1) is 6.92 Å². The average molecular weight is 194 g/mol. The Morgan fingerprint density at radius 1 is 1.36 bits per heavy atom.